The highest BCUT2D eigenvalue weighted by Crippen LogP contribution is 2.19. The standard InChI is InChI=1S/C17H32N4S.HI/c1-6-18-17(20-13-15(5)21(7-2)8-3)19-12-14(4)16-10-9-11-22-16;/h9-11,14-15H,6-8,12-13H2,1-5H3,(H2,18,19,20);1H. The maximum absolute atomic E-state index is 4.74. The summed E-state index contributed by atoms with van der Waals surface area (Å²) in [5, 5.41) is 8.94. The van der Waals surface area contributed by atoms with Crippen molar-refractivity contribution in [1.82, 2.24) is 15.5 Å². The van der Waals surface area contributed by atoms with E-state index >= 15 is 0 Å². The number of guanidine groups is 1. The van der Waals surface area contributed by atoms with Gasteiger partial charge in [0.2, 0.25) is 0 Å². The first kappa shape index (κ1) is 22.7. The molecular formula is C17H33IN4S. The van der Waals surface area contributed by atoms with Crippen molar-refractivity contribution in [2.45, 2.75) is 46.6 Å². The lowest BCUT2D eigenvalue weighted by Gasteiger charge is -2.25. The van der Waals surface area contributed by atoms with Crippen LogP contribution < -0.4 is 10.6 Å². The van der Waals surface area contributed by atoms with E-state index in [1.54, 1.807) is 0 Å². The molecule has 1 heterocycles. The highest BCUT2D eigenvalue weighted by atomic mass is 127. The zero-order valence-corrected chi connectivity index (χ0v) is 18.3. The topological polar surface area (TPSA) is 39.7 Å². The van der Waals surface area contributed by atoms with Crippen molar-refractivity contribution in [3.63, 3.8) is 0 Å². The second-order valence-corrected chi connectivity index (χ2v) is 6.57. The summed E-state index contributed by atoms with van der Waals surface area (Å²) in [5.41, 5.74) is 0. The monoisotopic (exact) mass is 452 g/mol. The molecule has 1 aromatic rings. The Morgan fingerprint density at radius 1 is 1.22 bits per heavy atom. The van der Waals surface area contributed by atoms with Gasteiger partial charge in [-0.2, -0.15) is 0 Å². The van der Waals surface area contributed by atoms with Gasteiger partial charge in [-0.15, -0.1) is 35.3 Å². The van der Waals surface area contributed by atoms with E-state index in [0.717, 1.165) is 38.7 Å². The van der Waals surface area contributed by atoms with E-state index in [4.69, 9.17) is 4.99 Å². The zero-order chi connectivity index (χ0) is 16.4. The van der Waals surface area contributed by atoms with Crippen LogP contribution in [0.2, 0.25) is 0 Å². The van der Waals surface area contributed by atoms with Crippen LogP contribution in [0, 0.1) is 0 Å². The van der Waals surface area contributed by atoms with Gasteiger partial charge in [0.05, 0.1) is 6.54 Å². The number of thiophene rings is 1. The van der Waals surface area contributed by atoms with Crippen molar-refractivity contribution in [1.29, 1.82) is 0 Å². The summed E-state index contributed by atoms with van der Waals surface area (Å²) >= 11 is 1.82. The van der Waals surface area contributed by atoms with Gasteiger partial charge in [-0.25, -0.2) is 0 Å². The molecule has 0 bridgehead atoms. The van der Waals surface area contributed by atoms with Crippen LogP contribution in [0.5, 0.6) is 0 Å². The average Bonchev–Trinajstić information content (AvgIpc) is 3.05. The molecule has 0 aliphatic carbocycles. The van der Waals surface area contributed by atoms with Gasteiger partial charge in [-0.3, -0.25) is 9.89 Å². The summed E-state index contributed by atoms with van der Waals surface area (Å²) in [5.74, 6) is 1.42. The van der Waals surface area contributed by atoms with Gasteiger partial charge in [0, 0.05) is 29.9 Å². The van der Waals surface area contributed by atoms with Gasteiger partial charge >= 0.3 is 0 Å². The van der Waals surface area contributed by atoms with Crippen molar-refractivity contribution in [3.8, 4) is 0 Å². The van der Waals surface area contributed by atoms with Crippen LogP contribution in [0.3, 0.4) is 0 Å². The second kappa shape index (κ2) is 13.0. The number of nitrogens with one attached hydrogen (secondary N) is 2. The van der Waals surface area contributed by atoms with E-state index in [2.05, 4.69) is 67.7 Å². The molecule has 0 saturated carbocycles. The van der Waals surface area contributed by atoms with E-state index in [1.165, 1.54) is 4.88 Å². The molecule has 0 aromatic carbocycles. The Bertz CT molecular complexity index is 418. The number of likely N-dealkylation sites (N-methyl/N-ethyl adjacent to an activating group) is 1. The number of hydrogen-bond donors (Lipinski definition) is 2. The zero-order valence-electron chi connectivity index (χ0n) is 15.1. The molecular weight excluding hydrogens is 419 g/mol. The number of nitrogens with zero attached hydrogens (tertiary/aromatic N) is 2. The second-order valence-electron chi connectivity index (χ2n) is 5.59. The third-order valence-corrected chi connectivity index (χ3v) is 5.00. The van der Waals surface area contributed by atoms with Gasteiger partial charge in [-0.1, -0.05) is 26.8 Å². The molecule has 0 saturated heterocycles. The minimum Gasteiger partial charge on any atom is -0.357 e. The Hall–Kier alpha value is -0.340. The molecule has 0 aliphatic heterocycles. The minimum atomic E-state index is 0. The summed E-state index contributed by atoms with van der Waals surface area (Å²) in [6.07, 6.45) is 0. The van der Waals surface area contributed by atoms with Crippen LogP contribution in [0.25, 0.3) is 0 Å². The van der Waals surface area contributed by atoms with Gasteiger partial charge in [0.25, 0.3) is 0 Å². The molecule has 4 nitrogen and oxygen atoms in total. The molecule has 1 rings (SSSR count). The first-order valence-electron chi connectivity index (χ1n) is 8.41. The SMILES string of the molecule is CCNC(=NCC(C)N(CC)CC)NCC(C)c1cccs1.I. The maximum atomic E-state index is 4.74. The smallest absolute Gasteiger partial charge is 0.191 e. The predicted molar refractivity (Wildman–Crippen MR) is 115 cm³/mol. The molecule has 0 radical (unpaired) electrons. The van der Waals surface area contributed by atoms with Crippen LogP contribution >= 0.6 is 35.3 Å². The van der Waals surface area contributed by atoms with Crippen molar-refractivity contribution in [3.05, 3.63) is 22.4 Å². The van der Waals surface area contributed by atoms with E-state index in [9.17, 15) is 0 Å². The third kappa shape index (κ3) is 8.35. The highest BCUT2D eigenvalue weighted by Gasteiger charge is 2.10. The van der Waals surface area contributed by atoms with Crippen LogP contribution in [-0.4, -0.2) is 49.6 Å². The van der Waals surface area contributed by atoms with Gasteiger partial charge in [-0.05, 0) is 38.4 Å². The average molecular weight is 452 g/mol. The lowest BCUT2D eigenvalue weighted by atomic mass is 10.1. The van der Waals surface area contributed by atoms with E-state index in [-0.39, 0.29) is 24.0 Å². The Morgan fingerprint density at radius 3 is 2.43 bits per heavy atom. The minimum absolute atomic E-state index is 0. The summed E-state index contributed by atoms with van der Waals surface area (Å²) in [4.78, 5) is 8.59. The molecule has 0 spiro atoms. The molecule has 2 N–H and O–H groups in total. The Kier molecular flexibility index (Phi) is 12.8. The van der Waals surface area contributed by atoms with Crippen LogP contribution in [-0.2, 0) is 0 Å². The molecule has 2 atom stereocenters. The molecule has 0 fully saturated rings. The summed E-state index contributed by atoms with van der Waals surface area (Å²) in [7, 11) is 0. The van der Waals surface area contributed by atoms with Crippen molar-refractivity contribution in [2.75, 3.05) is 32.7 Å². The number of rotatable bonds is 9. The molecule has 0 amide bonds. The van der Waals surface area contributed by atoms with Gasteiger partial charge in [0.1, 0.15) is 0 Å². The summed E-state index contributed by atoms with van der Waals surface area (Å²) in [6.45, 7) is 15.8. The lowest BCUT2D eigenvalue weighted by molar-refractivity contribution is 0.237. The maximum Gasteiger partial charge on any atom is 0.191 e. The van der Waals surface area contributed by atoms with E-state index < -0.39 is 0 Å². The van der Waals surface area contributed by atoms with Crippen molar-refractivity contribution >= 4 is 41.3 Å². The molecule has 23 heavy (non-hydrogen) atoms. The highest BCUT2D eigenvalue weighted by molar-refractivity contribution is 14.0. The van der Waals surface area contributed by atoms with Gasteiger partial charge in [0.15, 0.2) is 5.96 Å². The molecule has 134 valence electrons. The fourth-order valence-corrected chi connectivity index (χ4v) is 3.24. The van der Waals surface area contributed by atoms with E-state index in [0.29, 0.717) is 12.0 Å². The largest absolute Gasteiger partial charge is 0.357 e. The van der Waals surface area contributed by atoms with Crippen LogP contribution in [0.15, 0.2) is 22.5 Å². The summed E-state index contributed by atoms with van der Waals surface area (Å²) in [6, 6.07) is 4.78. The Labute approximate surface area is 163 Å². The predicted octanol–water partition coefficient (Wildman–Crippen LogP) is 3.76. The quantitative estimate of drug-likeness (QED) is 0.341. The Balaban J connectivity index is 0.00000484. The van der Waals surface area contributed by atoms with E-state index in [1.807, 2.05) is 11.3 Å². The first-order valence-corrected chi connectivity index (χ1v) is 9.29. The Morgan fingerprint density at radius 2 is 1.91 bits per heavy atom. The van der Waals surface area contributed by atoms with Gasteiger partial charge < -0.3 is 10.6 Å². The van der Waals surface area contributed by atoms with Crippen molar-refractivity contribution in [2.24, 2.45) is 4.99 Å². The number of aliphatic imine (C=N–C) groups is 1. The lowest BCUT2D eigenvalue weighted by Crippen LogP contribution is -2.41. The molecule has 1 aromatic heterocycles. The third-order valence-electron chi connectivity index (χ3n) is 3.90. The van der Waals surface area contributed by atoms with Crippen molar-refractivity contribution < 1.29 is 0 Å². The van der Waals surface area contributed by atoms with Crippen LogP contribution in [0.1, 0.15) is 45.4 Å². The molecule has 2 unspecified atom stereocenters. The number of hydrogen-bond acceptors (Lipinski definition) is 3. The van der Waals surface area contributed by atoms with Crippen LogP contribution in [0.4, 0.5) is 0 Å². The molecule has 6 heteroatoms. The fraction of sp³-hybridized carbons (Fsp3) is 0.706. The fourth-order valence-electron chi connectivity index (χ4n) is 2.45. The first-order chi connectivity index (χ1) is 10.6. The number of halogens is 1. The normalized spacial score (nSPS) is 14.3. The summed E-state index contributed by atoms with van der Waals surface area (Å²) < 4.78 is 0. The molecule has 0 aliphatic rings.